The van der Waals surface area contributed by atoms with Crippen LogP contribution in [0.15, 0.2) is 36.4 Å². The van der Waals surface area contributed by atoms with E-state index >= 15 is 0 Å². The lowest BCUT2D eigenvalue weighted by molar-refractivity contribution is -0.384. The number of likely N-dealkylation sites (N-methyl/N-ethyl adjacent to an activating group) is 1. The lowest BCUT2D eigenvalue weighted by atomic mass is 10.1. The van der Waals surface area contributed by atoms with Gasteiger partial charge in [0.15, 0.2) is 5.13 Å². The molecule has 0 radical (unpaired) electrons. The van der Waals surface area contributed by atoms with Crippen molar-refractivity contribution in [2.24, 2.45) is 0 Å². The Kier molecular flexibility index (Phi) is 7.25. The van der Waals surface area contributed by atoms with E-state index in [9.17, 15) is 14.9 Å². The Balaban J connectivity index is 1.70. The molecule has 2 aromatic carbocycles. The van der Waals surface area contributed by atoms with Crippen LogP contribution in [0.25, 0.3) is 10.2 Å². The van der Waals surface area contributed by atoms with Gasteiger partial charge in [0.25, 0.3) is 11.6 Å². The molecule has 0 spiro atoms. The summed E-state index contributed by atoms with van der Waals surface area (Å²) in [7, 11) is 5.45. The molecule has 4 rings (SSSR count). The largest absolute Gasteiger partial charge is 0.497 e. The second-order valence-corrected chi connectivity index (χ2v) is 9.16. The lowest BCUT2D eigenvalue weighted by Gasteiger charge is -2.28. The molecule has 1 fully saturated rings. The molecule has 11 heteroatoms. The van der Waals surface area contributed by atoms with Crippen molar-refractivity contribution < 1.29 is 19.2 Å². The molecule has 180 valence electrons. The molecule has 3 aromatic rings. The summed E-state index contributed by atoms with van der Waals surface area (Å²) in [6, 6.07) is 10.2. The SMILES string of the molecule is COc1ccc2nc(N(CCN(C)C)C(=O)c3ccc(N4CCOCC4)c([N+](=O)[O-])c3)sc2c1. The minimum atomic E-state index is -0.435. The maximum atomic E-state index is 13.6. The predicted molar refractivity (Wildman–Crippen MR) is 133 cm³/mol. The normalized spacial score (nSPS) is 13.9. The van der Waals surface area contributed by atoms with Crippen molar-refractivity contribution in [1.82, 2.24) is 9.88 Å². The highest BCUT2D eigenvalue weighted by molar-refractivity contribution is 7.22. The van der Waals surface area contributed by atoms with Crippen LogP contribution in [-0.2, 0) is 4.74 Å². The van der Waals surface area contributed by atoms with Gasteiger partial charge in [0.05, 0.1) is 35.5 Å². The zero-order valence-corrected chi connectivity index (χ0v) is 20.2. The number of rotatable bonds is 8. The number of anilines is 2. The molecule has 1 aliphatic rings. The van der Waals surface area contributed by atoms with Crippen LogP contribution in [0.4, 0.5) is 16.5 Å². The van der Waals surface area contributed by atoms with Crippen molar-refractivity contribution in [3.63, 3.8) is 0 Å². The zero-order valence-electron chi connectivity index (χ0n) is 19.4. The number of aromatic nitrogens is 1. The summed E-state index contributed by atoms with van der Waals surface area (Å²) in [6.45, 7) is 3.16. The molecule has 1 aliphatic heterocycles. The Bertz CT molecular complexity index is 1190. The molecule has 1 amide bonds. The summed E-state index contributed by atoms with van der Waals surface area (Å²) in [5.41, 5.74) is 1.42. The van der Waals surface area contributed by atoms with E-state index in [-0.39, 0.29) is 17.2 Å². The van der Waals surface area contributed by atoms with Gasteiger partial charge in [-0.1, -0.05) is 11.3 Å². The van der Waals surface area contributed by atoms with Gasteiger partial charge in [-0.3, -0.25) is 19.8 Å². The quantitative estimate of drug-likeness (QED) is 0.354. The number of nitro groups is 1. The summed E-state index contributed by atoms with van der Waals surface area (Å²) in [6.07, 6.45) is 0. The summed E-state index contributed by atoms with van der Waals surface area (Å²) in [4.78, 5) is 35.2. The molecule has 0 atom stereocenters. The van der Waals surface area contributed by atoms with Crippen LogP contribution in [0.2, 0.25) is 0 Å². The van der Waals surface area contributed by atoms with Crippen LogP contribution in [0.1, 0.15) is 10.4 Å². The molecule has 2 heterocycles. The third kappa shape index (κ3) is 5.11. The summed E-state index contributed by atoms with van der Waals surface area (Å²) in [5, 5.41) is 12.4. The molecule has 0 saturated carbocycles. The van der Waals surface area contributed by atoms with Gasteiger partial charge in [-0.2, -0.15) is 0 Å². The number of ether oxygens (including phenoxy) is 2. The fourth-order valence-electron chi connectivity index (χ4n) is 3.75. The molecular formula is C23H27N5O5S. The van der Waals surface area contributed by atoms with E-state index < -0.39 is 4.92 Å². The van der Waals surface area contributed by atoms with Gasteiger partial charge in [-0.25, -0.2) is 4.98 Å². The van der Waals surface area contributed by atoms with Crippen LogP contribution < -0.4 is 14.5 Å². The molecule has 0 bridgehead atoms. The first-order valence-corrected chi connectivity index (χ1v) is 11.7. The van der Waals surface area contributed by atoms with Gasteiger partial charge in [0.1, 0.15) is 11.4 Å². The second-order valence-electron chi connectivity index (χ2n) is 8.15. The minimum absolute atomic E-state index is 0.0886. The minimum Gasteiger partial charge on any atom is -0.497 e. The first kappa shape index (κ1) is 23.9. The fraction of sp³-hybridized carbons (Fsp3) is 0.391. The van der Waals surface area contributed by atoms with Crippen LogP contribution >= 0.6 is 11.3 Å². The summed E-state index contributed by atoms with van der Waals surface area (Å²) >= 11 is 1.39. The van der Waals surface area contributed by atoms with Gasteiger partial charge < -0.3 is 19.3 Å². The molecule has 34 heavy (non-hydrogen) atoms. The van der Waals surface area contributed by atoms with Crippen molar-refractivity contribution >= 4 is 44.0 Å². The number of hydrogen-bond acceptors (Lipinski definition) is 9. The molecular weight excluding hydrogens is 458 g/mol. The number of thiazole rings is 1. The van der Waals surface area contributed by atoms with Gasteiger partial charge >= 0.3 is 0 Å². The Morgan fingerprint density at radius 2 is 1.97 bits per heavy atom. The zero-order chi connectivity index (χ0) is 24.2. The molecule has 0 aliphatic carbocycles. The first-order chi connectivity index (χ1) is 16.4. The highest BCUT2D eigenvalue weighted by atomic mass is 32.1. The van der Waals surface area contributed by atoms with Crippen molar-refractivity contribution in [1.29, 1.82) is 0 Å². The van der Waals surface area contributed by atoms with Crippen molar-refractivity contribution in [2.75, 3.05) is 70.4 Å². The van der Waals surface area contributed by atoms with E-state index in [2.05, 4.69) is 4.98 Å². The van der Waals surface area contributed by atoms with E-state index in [0.29, 0.717) is 56.0 Å². The number of hydrogen-bond donors (Lipinski definition) is 0. The predicted octanol–water partition coefficient (Wildman–Crippen LogP) is 3.26. The summed E-state index contributed by atoms with van der Waals surface area (Å²) in [5.74, 6) is 0.382. The monoisotopic (exact) mass is 485 g/mol. The summed E-state index contributed by atoms with van der Waals surface area (Å²) < 4.78 is 11.6. The maximum Gasteiger partial charge on any atom is 0.293 e. The van der Waals surface area contributed by atoms with E-state index in [1.807, 2.05) is 42.1 Å². The number of carbonyl (C=O) groups is 1. The van der Waals surface area contributed by atoms with Gasteiger partial charge in [-0.05, 0) is 44.4 Å². The Morgan fingerprint density at radius 1 is 1.21 bits per heavy atom. The smallest absolute Gasteiger partial charge is 0.293 e. The van der Waals surface area contributed by atoms with E-state index in [1.54, 1.807) is 24.1 Å². The Labute approximate surface area is 201 Å². The fourth-order valence-corrected chi connectivity index (χ4v) is 4.77. The Hall–Kier alpha value is -3.28. The molecule has 1 saturated heterocycles. The lowest BCUT2D eigenvalue weighted by Crippen LogP contribution is -2.37. The first-order valence-electron chi connectivity index (χ1n) is 10.9. The van der Waals surface area contributed by atoms with Gasteiger partial charge in [0.2, 0.25) is 0 Å². The second kappa shape index (κ2) is 10.3. The standard InChI is InChI=1S/C23H27N5O5S/c1-25(2)8-9-27(23-24-18-6-5-17(32-3)15-21(18)34-23)22(29)16-4-7-19(20(14-16)28(30)31)26-10-12-33-13-11-26/h4-7,14-15H,8-13H2,1-3H3. The van der Waals surface area contributed by atoms with Crippen LogP contribution in [0.3, 0.4) is 0 Å². The van der Waals surface area contributed by atoms with Crippen LogP contribution in [0, 0.1) is 10.1 Å². The third-order valence-corrected chi connectivity index (χ3v) is 6.64. The molecule has 0 N–H and O–H groups in total. The number of methoxy groups -OCH3 is 1. The van der Waals surface area contributed by atoms with Crippen LogP contribution in [-0.4, -0.2) is 81.3 Å². The van der Waals surface area contributed by atoms with Crippen molar-refractivity contribution in [2.45, 2.75) is 0 Å². The highest BCUT2D eigenvalue weighted by Gasteiger charge is 2.27. The number of carbonyl (C=O) groups excluding carboxylic acids is 1. The van der Waals surface area contributed by atoms with Crippen LogP contribution in [0.5, 0.6) is 5.75 Å². The molecule has 1 aromatic heterocycles. The number of fused-ring (bicyclic) bond motifs is 1. The van der Waals surface area contributed by atoms with Gasteiger partial charge in [0, 0.05) is 37.8 Å². The van der Waals surface area contributed by atoms with E-state index in [4.69, 9.17) is 9.47 Å². The number of amides is 1. The van der Waals surface area contributed by atoms with Crippen molar-refractivity contribution in [3.8, 4) is 5.75 Å². The number of nitrogens with zero attached hydrogens (tertiary/aromatic N) is 5. The highest BCUT2D eigenvalue weighted by Crippen LogP contribution is 2.34. The Morgan fingerprint density at radius 3 is 2.65 bits per heavy atom. The van der Waals surface area contributed by atoms with E-state index in [0.717, 1.165) is 10.2 Å². The number of morpholine rings is 1. The average Bonchev–Trinajstić information content (AvgIpc) is 3.26. The maximum absolute atomic E-state index is 13.6. The topological polar surface area (TPSA) is 101 Å². The molecule has 10 nitrogen and oxygen atoms in total. The third-order valence-electron chi connectivity index (χ3n) is 5.60. The van der Waals surface area contributed by atoms with Gasteiger partial charge in [-0.15, -0.1) is 0 Å². The molecule has 0 unspecified atom stereocenters. The van der Waals surface area contributed by atoms with E-state index in [1.165, 1.54) is 17.4 Å². The van der Waals surface area contributed by atoms with Crippen molar-refractivity contribution in [3.05, 3.63) is 52.1 Å². The average molecular weight is 486 g/mol. The number of benzene rings is 2. The number of nitro benzene ring substituents is 1.